The SMILES string of the molecule is CCN(CC)CC.ClCC1CN(Cc2ccccc2)CCO1.N#Cc1ccc(N2CCOC(CCl)C2)c2cccnc12.N#Cc1ccc(N2CCO[C@@H](CCl)C2)c2cccnc12.N#Cc1ccc(N2CCO[C@H](CCl)C2)c2cccnc12. The Morgan fingerprint density at radius 1 is 0.451 bits per heavy atom. The fraction of sp³-hybridized carbons (Fsp3) is 0.429. The summed E-state index contributed by atoms with van der Waals surface area (Å²) in [6.45, 7) is 20.6. The van der Waals surface area contributed by atoms with Crippen molar-refractivity contribution in [1.29, 1.82) is 15.8 Å². The first-order chi connectivity index (χ1) is 40.2. The van der Waals surface area contributed by atoms with Crippen molar-refractivity contribution in [2.24, 2.45) is 0 Å². The molecule has 15 nitrogen and oxygen atoms in total. The molecule has 4 aliphatic heterocycles. The van der Waals surface area contributed by atoms with Crippen LogP contribution >= 0.6 is 46.4 Å². The number of anilines is 3. The average molecular weight is 1190 g/mol. The number of ether oxygens (including phenoxy) is 4. The number of rotatable bonds is 12. The molecule has 82 heavy (non-hydrogen) atoms. The third-order valence-electron chi connectivity index (χ3n) is 14.5. The summed E-state index contributed by atoms with van der Waals surface area (Å²) in [5.74, 6) is 2.06. The van der Waals surface area contributed by atoms with E-state index < -0.39 is 0 Å². The lowest BCUT2D eigenvalue weighted by molar-refractivity contribution is -0.0194. The van der Waals surface area contributed by atoms with Gasteiger partial charge in [-0.25, -0.2) is 0 Å². The fourth-order valence-electron chi connectivity index (χ4n) is 10.2. The maximum Gasteiger partial charge on any atom is 0.101 e. The minimum absolute atomic E-state index is 0.0489. The molecule has 0 radical (unpaired) electrons. The number of morpholine rings is 4. The molecule has 4 aromatic carbocycles. The Morgan fingerprint density at radius 2 is 0.793 bits per heavy atom. The van der Waals surface area contributed by atoms with Gasteiger partial charge in [0.05, 0.1) is 102 Å². The van der Waals surface area contributed by atoms with Crippen molar-refractivity contribution in [2.45, 2.75) is 51.7 Å². The number of hydrogen-bond acceptors (Lipinski definition) is 15. The molecule has 0 saturated carbocycles. The van der Waals surface area contributed by atoms with Crippen LogP contribution in [0.5, 0.6) is 0 Å². The van der Waals surface area contributed by atoms with Gasteiger partial charge in [-0.2, -0.15) is 15.8 Å². The topological polar surface area (TPSA) is 163 Å². The average Bonchev–Trinajstić information content (AvgIpc) is 3.75. The molecule has 0 amide bonds. The summed E-state index contributed by atoms with van der Waals surface area (Å²) in [6.07, 6.45) is 5.49. The number of nitriles is 3. The number of benzene rings is 4. The molecule has 4 aliphatic rings. The molecule has 0 aliphatic carbocycles. The van der Waals surface area contributed by atoms with Gasteiger partial charge in [-0.05, 0) is 98.0 Å². The van der Waals surface area contributed by atoms with E-state index in [0.29, 0.717) is 60.0 Å². The zero-order chi connectivity index (χ0) is 58.1. The van der Waals surface area contributed by atoms with E-state index in [4.69, 9.17) is 65.4 Å². The normalized spacial score (nSPS) is 19.0. The van der Waals surface area contributed by atoms with E-state index >= 15 is 0 Å². The number of nitrogens with zero attached hydrogens (tertiary/aromatic N) is 11. The van der Waals surface area contributed by atoms with Crippen LogP contribution in [0, 0.1) is 34.0 Å². The van der Waals surface area contributed by atoms with Gasteiger partial charge in [0.15, 0.2) is 0 Å². The summed E-state index contributed by atoms with van der Waals surface area (Å²) in [5, 5.41) is 30.5. The van der Waals surface area contributed by atoms with Crippen molar-refractivity contribution in [1.82, 2.24) is 24.8 Å². The molecule has 7 aromatic rings. The molecule has 0 bridgehead atoms. The smallest absolute Gasteiger partial charge is 0.101 e. The van der Waals surface area contributed by atoms with Crippen LogP contribution in [0.3, 0.4) is 0 Å². The molecule has 4 saturated heterocycles. The Balaban J connectivity index is 0.000000152. The summed E-state index contributed by atoms with van der Waals surface area (Å²) in [7, 11) is 0. The summed E-state index contributed by atoms with van der Waals surface area (Å²) < 4.78 is 22.3. The van der Waals surface area contributed by atoms with Crippen molar-refractivity contribution in [3.8, 4) is 18.2 Å². The quantitative estimate of drug-likeness (QED) is 0.106. The Kier molecular flexibility index (Phi) is 26.2. The molecule has 19 heteroatoms. The van der Waals surface area contributed by atoms with E-state index in [-0.39, 0.29) is 24.4 Å². The number of aromatic nitrogens is 3. The van der Waals surface area contributed by atoms with Gasteiger partial charge in [-0.1, -0.05) is 51.1 Å². The number of alkyl halides is 4. The highest BCUT2D eigenvalue weighted by Crippen LogP contribution is 2.32. The number of hydrogen-bond donors (Lipinski definition) is 0. The van der Waals surface area contributed by atoms with E-state index in [9.17, 15) is 15.8 Å². The first kappa shape index (κ1) is 63.5. The summed E-state index contributed by atoms with van der Waals surface area (Å²) in [5.41, 5.74) is 8.68. The lowest BCUT2D eigenvalue weighted by Gasteiger charge is -2.34. The maximum absolute atomic E-state index is 9.18. The largest absolute Gasteiger partial charge is 0.374 e. The molecule has 0 spiro atoms. The lowest BCUT2D eigenvalue weighted by atomic mass is 10.1. The van der Waals surface area contributed by atoms with Crippen molar-refractivity contribution < 1.29 is 18.9 Å². The van der Waals surface area contributed by atoms with Crippen LogP contribution in [-0.2, 0) is 25.5 Å². The standard InChI is InChI=1S/3C15H14ClN3O.C12H16ClNO.C6H15N/c3*16-8-12-10-19(6-7-20-12)14-4-3-11(9-17)15-13(14)2-1-5-18-15;13-8-12-10-14(6-7-15-12)9-11-4-2-1-3-5-11;1-4-7(5-2)6-3/h3*1-5,12H,6-8,10H2;1-5,12H,6-10H2;4-6H2,1-3H3/t2*12-;;;/m10.../s1. The van der Waals surface area contributed by atoms with Crippen LogP contribution in [0.4, 0.5) is 17.1 Å². The lowest BCUT2D eigenvalue weighted by Crippen LogP contribution is -2.43. The molecule has 432 valence electrons. The highest BCUT2D eigenvalue weighted by molar-refractivity contribution is 6.19. The van der Waals surface area contributed by atoms with Gasteiger partial charge in [0.1, 0.15) is 18.2 Å². The van der Waals surface area contributed by atoms with Gasteiger partial charge in [0, 0.05) is 117 Å². The molecule has 3 aromatic heterocycles. The Morgan fingerprint density at radius 3 is 1.11 bits per heavy atom. The van der Waals surface area contributed by atoms with Crippen LogP contribution in [0.1, 0.15) is 43.0 Å². The second kappa shape index (κ2) is 33.9. The van der Waals surface area contributed by atoms with Gasteiger partial charge in [0.25, 0.3) is 0 Å². The first-order valence-corrected chi connectivity index (χ1v) is 30.1. The van der Waals surface area contributed by atoms with Crippen LogP contribution < -0.4 is 14.7 Å². The molecule has 7 heterocycles. The van der Waals surface area contributed by atoms with E-state index in [2.05, 4.69) is 103 Å². The number of fused-ring (bicyclic) bond motifs is 3. The highest BCUT2D eigenvalue weighted by Gasteiger charge is 2.25. The summed E-state index contributed by atoms with van der Waals surface area (Å²) in [4.78, 5) is 24.5. The number of pyridine rings is 3. The van der Waals surface area contributed by atoms with Gasteiger partial charge in [-0.3, -0.25) is 19.9 Å². The maximum atomic E-state index is 9.18. The highest BCUT2D eigenvalue weighted by atomic mass is 35.5. The van der Waals surface area contributed by atoms with E-state index in [1.54, 1.807) is 18.6 Å². The third kappa shape index (κ3) is 17.5. The second-order valence-electron chi connectivity index (χ2n) is 19.7. The zero-order valence-corrected chi connectivity index (χ0v) is 50.1. The molecule has 11 rings (SSSR count). The van der Waals surface area contributed by atoms with Crippen molar-refractivity contribution in [3.05, 3.63) is 144 Å². The summed E-state index contributed by atoms with van der Waals surface area (Å²) in [6, 6.07) is 40.2. The predicted molar refractivity (Wildman–Crippen MR) is 333 cm³/mol. The first-order valence-electron chi connectivity index (χ1n) is 28.0. The van der Waals surface area contributed by atoms with Crippen LogP contribution in [0.15, 0.2) is 122 Å². The number of halogens is 4. The molecule has 2 unspecified atom stereocenters. The second-order valence-corrected chi connectivity index (χ2v) is 20.9. The van der Waals surface area contributed by atoms with Gasteiger partial charge in [-0.15, -0.1) is 46.4 Å². The molecular weight excluding hydrogens is 1120 g/mol. The monoisotopic (exact) mass is 1190 g/mol. The molecule has 4 fully saturated rings. The Labute approximate surface area is 503 Å². The Bertz CT molecular complexity index is 2930. The fourth-order valence-corrected chi connectivity index (χ4v) is 10.9. The van der Waals surface area contributed by atoms with Crippen molar-refractivity contribution >= 4 is 96.2 Å². The summed E-state index contributed by atoms with van der Waals surface area (Å²) >= 11 is 23.5. The van der Waals surface area contributed by atoms with E-state index in [1.165, 1.54) is 25.2 Å². The molecular formula is C63H73Cl4N11O4. The van der Waals surface area contributed by atoms with Gasteiger partial charge in [0.2, 0.25) is 0 Å². The molecule has 0 N–H and O–H groups in total. The zero-order valence-electron chi connectivity index (χ0n) is 47.1. The minimum Gasteiger partial charge on any atom is -0.374 e. The van der Waals surface area contributed by atoms with Crippen LogP contribution in [0.2, 0.25) is 0 Å². The minimum atomic E-state index is 0.0489. The predicted octanol–water partition coefficient (Wildman–Crippen LogP) is 11.1. The van der Waals surface area contributed by atoms with Crippen molar-refractivity contribution in [2.75, 3.05) is 137 Å². The van der Waals surface area contributed by atoms with E-state index in [1.807, 2.05) is 78.9 Å². The van der Waals surface area contributed by atoms with Gasteiger partial charge < -0.3 is 38.5 Å². The third-order valence-corrected chi connectivity index (χ3v) is 15.9. The van der Waals surface area contributed by atoms with Gasteiger partial charge >= 0.3 is 0 Å². The van der Waals surface area contributed by atoms with Crippen molar-refractivity contribution in [3.63, 3.8) is 0 Å². The molecule has 4 atom stereocenters. The van der Waals surface area contributed by atoms with Crippen LogP contribution in [0.25, 0.3) is 32.7 Å². The Hall–Kier alpha value is -6.10. The van der Waals surface area contributed by atoms with Crippen LogP contribution in [-0.4, -0.2) is 171 Å². The van der Waals surface area contributed by atoms with E-state index in [0.717, 1.165) is 115 Å².